The Morgan fingerprint density at radius 2 is 1.49 bits per heavy atom. The number of rotatable bonds is 13. The zero-order chi connectivity index (χ0) is 28.4. The normalized spacial score (nSPS) is 11.6. The van der Waals surface area contributed by atoms with E-state index >= 15 is 0 Å². The van der Waals surface area contributed by atoms with Crippen LogP contribution in [0.1, 0.15) is 25.0 Å². The fraction of sp³-hybridized carbons (Fsp3) is 0.333. The number of benzene rings is 3. The quantitative estimate of drug-likeness (QED) is 0.280. The van der Waals surface area contributed by atoms with Crippen molar-refractivity contribution in [3.63, 3.8) is 0 Å². The van der Waals surface area contributed by atoms with Crippen LogP contribution in [0.5, 0.6) is 17.2 Å². The van der Waals surface area contributed by atoms with E-state index in [4.69, 9.17) is 37.4 Å². The Morgan fingerprint density at radius 1 is 0.846 bits per heavy atom. The van der Waals surface area contributed by atoms with Gasteiger partial charge in [0.15, 0.2) is 6.61 Å². The van der Waals surface area contributed by atoms with E-state index in [2.05, 4.69) is 5.32 Å². The van der Waals surface area contributed by atoms with Crippen molar-refractivity contribution in [3.05, 3.63) is 87.9 Å². The maximum absolute atomic E-state index is 13.8. The average Bonchev–Trinajstić information content (AvgIpc) is 2.94. The molecule has 3 rings (SSSR count). The van der Waals surface area contributed by atoms with E-state index in [0.29, 0.717) is 40.3 Å². The number of amides is 2. The van der Waals surface area contributed by atoms with Crippen molar-refractivity contribution in [3.8, 4) is 17.2 Å². The Hall–Kier alpha value is -3.42. The zero-order valence-corrected chi connectivity index (χ0v) is 24.1. The van der Waals surface area contributed by atoms with Gasteiger partial charge in [-0.1, -0.05) is 73.4 Å². The number of carbonyl (C=O) groups excluding carboxylic acids is 2. The highest BCUT2D eigenvalue weighted by Gasteiger charge is 2.31. The topological polar surface area (TPSA) is 77.1 Å². The summed E-state index contributed by atoms with van der Waals surface area (Å²) in [7, 11) is 3.07. The molecule has 3 aromatic rings. The summed E-state index contributed by atoms with van der Waals surface area (Å²) < 4.78 is 16.5. The van der Waals surface area contributed by atoms with Crippen LogP contribution >= 0.6 is 23.2 Å². The highest BCUT2D eigenvalue weighted by molar-refractivity contribution is 6.42. The largest absolute Gasteiger partial charge is 0.496 e. The maximum Gasteiger partial charge on any atom is 0.261 e. The first-order valence-corrected chi connectivity index (χ1v) is 13.4. The van der Waals surface area contributed by atoms with Crippen LogP contribution in [-0.4, -0.2) is 50.1 Å². The van der Waals surface area contributed by atoms with Crippen molar-refractivity contribution in [2.75, 3.05) is 27.4 Å². The fourth-order valence-corrected chi connectivity index (χ4v) is 4.22. The van der Waals surface area contributed by atoms with Crippen molar-refractivity contribution in [2.24, 2.45) is 5.92 Å². The lowest BCUT2D eigenvalue weighted by Gasteiger charge is -2.32. The third-order valence-electron chi connectivity index (χ3n) is 5.98. The van der Waals surface area contributed by atoms with E-state index in [9.17, 15) is 9.59 Å². The van der Waals surface area contributed by atoms with Gasteiger partial charge in [-0.05, 0) is 29.2 Å². The van der Waals surface area contributed by atoms with Gasteiger partial charge >= 0.3 is 0 Å². The Balaban J connectivity index is 1.94. The summed E-state index contributed by atoms with van der Waals surface area (Å²) in [6.07, 6.45) is 0.324. The van der Waals surface area contributed by atoms with Gasteiger partial charge in [0.1, 0.15) is 23.3 Å². The van der Waals surface area contributed by atoms with E-state index < -0.39 is 6.04 Å². The summed E-state index contributed by atoms with van der Waals surface area (Å²) in [5.41, 5.74) is 1.66. The average molecular weight is 574 g/mol. The Morgan fingerprint density at radius 3 is 2.08 bits per heavy atom. The Kier molecular flexibility index (Phi) is 11.3. The highest BCUT2D eigenvalue weighted by atomic mass is 35.5. The van der Waals surface area contributed by atoms with Crippen LogP contribution in [-0.2, 0) is 22.6 Å². The lowest BCUT2D eigenvalue weighted by molar-refractivity contribution is -0.142. The van der Waals surface area contributed by atoms with E-state index in [-0.39, 0.29) is 30.9 Å². The molecule has 0 saturated carbocycles. The van der Waals surface area contributed by atoms with Gasteiger partial charge in [-0.3, -0.25) is 9.59 Å². The SMILES string of the molecule is COc1cc(OC)cc(OCC(=O)N(Cc2ccc(Cl)c(Cl)c2)C(Cc2ccccc2)C(=O)NCC(C)C)c1. The number of ether oxygens (including phenoxy) is 3. The predicted molar refractivity (Wildman–Crippen MR) is 154 cm³/mol. The summed E-state index contributed by atoms with van der Waals surface area (Å²) in [4.78, 5) is 28.8. The summed E-state index contributed by atoms with van der Waals surface area (Å²) in [6.45, 7) is 4.34. The molecule has 0 aliphatic rings. The van der Waals surface area contributed by atoms with Gasteiger partial charge in [0.25, 0.3) is 5.91 Å². The minimum atomic E-state index is -0.795. The Labute approximate surface area is 240 Å². The number of halogens is 2. The van der Waals surface area contributed by atoms with Crippen LogP contribution in [0.2, 0.25) is 10.0 Å². The molecule has 0 fully saturated rings. The molecule has 0 aliphatic carbocycles. The molecule has 0 radical (unpaired) electrons. The van der Waals surface area contributed by atoms with Crippen molar-refractivity contribution >= 4 is 35.0 Å². The summed E-state index contributed by atoms with van der Waals surface area (Å²) in [5.74, 6) is 1.08. The molecule has 0 heterocycles. The van der Waals surface area contributed by atoms with Gasteiger partial charge in [0.05, 0.1) is 24.3 Å². The summed E-state index contributed by atoms with van der Waals surface area (Å²) in [6, 6.07) is 19.0. The molecular weight excluding hydrogens is 539 g/mol. The molecule has 0 spiro atoms. The first-order valence-electron chi connectivity index (χ1n) is 12.6. The molecule has 1 atom stereocenters. The smallest absolute Gasteiger partial charge is 0.261 e. The first kappa shape index (κ1) is 30.1. The lowest BCUT2D eigenvalue weighted by atomic mass is 10.0. The van der Waals surface area contributed by atoms with Gasteiger partial charge in [-0.2, -0.15) is 0 Å². The number of nitrogens with zero attached hydrogens (tertiary/aromatic N) is 1. The van der Waals surface area contributed by atoms with Crippen molar-refractivity contribution in [1.82, 2.24) is 10.2 Å². The van der Waals surface area contributed by atoms with E-state index in [1.165, 1.54) is 19.1 Å². The van der Waals surface area contributed by atoms with Crippen molar-refractivity contribution < 1.29 is 23.8 Å². The van der Waals surface area contributed by atoms with E-state index in [0.717, 1.165) is 11.1 Å². The second-order valence-corrected chi connectivity index (χ2v) is 10.3. The van der Waals surface area contributed by atoms with Gasteiger partial charge < -0.3 is 24.4 Å². The van der Waals surface area contributed by atoms with Gasteiger partial charge in [0.2, 0.25) is 5.91 Å². The van der Waals surface area contributed by atoms with Crippen LogP contribution in [0.3, 0.4) is 0 Å². The predicted octanol–water partition coefficient (Wildman–Crippen LogP) is 5.80. The third-order valence-corrected chi connectivity index (χ3v) is 6.72. The third kappa shape index (κ3) is 9.08. The molecule has 0 saturated heterocycles. The molecule has 1 unspecified atom stereocenters. The highest BCUT2D eigenvalue weighted by Crippen LogP contribution is 2.28. The molecule has 0 aliphatic heterocycles. The molecule has 1 N–H and O–H groups in total. The van der Waals surface area contributed by atoms with Gasteiger partial charge in [-0.15, -0.1) is 0 Å². The second kappa shape index (κ2) is 14.7. The van der Waals surface area contributed by atoms with E-state index in [1.54, 1.807) is 36.4 Å². The van der Waals surface area contributed by atoms with Crippen LogP contribution in [0.15, 0.2) is 66.7 Å². The number of methoxy groups -OCH3 is 2. The van der Waals surface area contributed by atoms with Gasteiger partial charge in [-0.25, -0.2) is 0 Å². The molecule has 0 aromatic heterocycles. The number of hydrogen-bond donors (Lipinski definition) is 1. The van der Waals surface area contributed by atoms with Crippen LogP contribution < -0.4 is 19.5 Å². The van der Waals surface area contributed by atoms with Crippen molar-refractivity contribution in [2.45, 2.75) is 32.9 Å². The summed E-state index contributed by atoms with van der Waals surface area (Å²) in [5, 5.41) is 3.77. The van der Waals surface area contributed by atoms with E-state index in [1.807, 2.05) is 44.2 Å². The van der Waals surface area contributed by atoms with Crippen LogP contribution in [0.4, 0.5) is 0 Å². The minimum Gasteiger partial charge on any atom is -0.496 e. The number of hydrogen-bond acceptors (Lipinski definition) is 5. The van der Waals surface area contributed by atoms with Crippen LogP contribution in [0, 0.1) is 5.92 Å². The van der Waals surface area contributed by atoms with Crippen LogP contribution in [0.25, 0.3) is 0 Å². The minimum absolute atomic E-state index is 0.132. The molecule has 2 amide bonds. The first-order chi connectivity index (χ1) is 18.7. The monoisotopic (exact) mass is 572 g/mol. The number of nitrogens with one attached hydrogen (secondary N) is 1. The molecule has 7 nitrogen and oxygen atoms in total. The second-order valence-electron chi connectivity index (χ2n) is 9.45. The standard InChI is InChI=1S/C30H34Cl2N2O5/c1-20(2)17-33-30(36)28(13-21-8-6-5-7-9-21)34(18-22-10-11-26(31)27(32)12-22)29(35)19-39-25-15-23(37-3)14-24(16-25)38-4/h5-12,14-16,20,28H,13,17-19H2,1-4H3,(H,33,36). The molecular formula is C30H34Cl2N2O5. The number of carbonyl (C=O) groups is 2. The van der Waals surface area contributed by atoms with Gasteiger partial charge in [0, 0.05) is 37.7 Å². The lowest BCUT2D eigenvalue weighted by Crippen LogP contribution is -2.52. The maximum atomic E-state index is 13.8. The zero-order valence-electron chi connectivity index (χ0n) is 22.6. The molecule has 0 bridgehead atoms. The molecule has 9 heteroatoms. The molecule has 3 aromatic carbocycles. The summed E-state index contributed by atoms with van der Waals surface area (Å²) >= 11 is 12.4. The molecule has 208 valence electrons. The van der Waals surface area contributed by atoms with Crippen molar-refractivity contribution in [1.29, 1.82) is 0 Å². The Bertz CT molecular complexity index is 1230. The fourth-order valence-electron chi connectivity index (χ4n) is 3.90. The molecule has 39 heavy (non-hydrogen) atoms.